The van der Waals surface area contributed by atoms with Crippen LogP contribution in [0, 0.1) is 0 Å². The molecule has 1 aliphatic heterocycles. The van der Waals surface area contributed by atoms with Gasteiger partial charge in [-0.05, 0) is 24.3 Å². The number of rotatable bonds is 8. The molecule has 1 saturated heterocycles. The lowest BCUT2D eigenvalue weighted by atomic mass is 10.3. The topological polar surface area (TPSA) is 134 Å². The molecule has 12 heteroatoms. The van der Waals surface area contributed by atoms with Gasteiger partial charge in [-0.2, -0.15) is 0 Å². The number of carbonyl (C=O) groups excluding carboxylic acids is 2. The van der Waals surface area contributed by atoms with Crippen LogP contribution in [0.4, 0.5) is 10.8 Å². The summed E-state index contributed by atoms with van der Waals surface area (Å²) in [4.78, 5) is 40.1. The van der Waals surface area contributed by atoms with Crippen molar-refractivity contribution in [3.63, 3.8) is 0 Å². The molecule has 0 bridgehead atoms. The highest BCUT2D eigenvalue weighted by molar-refractivity contribution is 8.00. The first-order chi connectivity index (χ1) is 13.3. The van der Waals surface area contributed by atoms with E-state index in [-0.39, 0.29) is 34.3 Å². The fraction of sp³-hybridized carbons (Fsp3) is 0.250. The second-order valence-corrected chi connectivity index (χ2v) is 9.60. The van der Waals surface area contributed by atoms with Crippen LogP contribution in [0.5, 0.6) is 0 Å². The van der Waals surface area contributed by atoms with Gasteiger partial charge in [0.1, 0.15) is 0 Å². The van der Waals surface area contributed by atoms with Crippen molar-refractivity contribution in [2.24, 2.45) is 0 Å². The molecular weight excluding hydrogens is 426 g/mol. The molecular formula is C16H15N3O6S3. The van der Waals surface area contributed by atoms with Crippen LogP contribution < -0.4 is 9.62 Å². The Bertz CT molecular complexity index is 989. The minimum atomic E-state index is -3.83. The molecule has 2 N–H and O–H groups in total. The Labute approximate surface area is 168 Å². The van der Waals surface area contributed by atoms with Crippen molar-refractivity contribution in [2.75, 3.05) is 15.4 Å². The maximum absolute atomic E-state index is 12.5. The second kappa shape index (κ2) is 8.29. The van der Waals surface area contributed by atoms with E-state index in [2.05, 4.69) is 9.71 Å². The lowest BCUT2D eigenvalue weighted by molar-refractivity contribution is -0.136. The molecule has 2 amide bonds. The van der Waals surface area contributed by atoms with Gasteiger partial charge in [0, 0.05) is 23.8 Å². The third kappa shape index (κ3) is 4.51. The normalized spacial score (nSPS) is 17.1. The van der Waals surface area contributed by atoms with E-state index in [4.69, 9.17) is 5.11 Å². The summed E-state index contributed by atoms with van der Waals surface area (Å²) in [7, 11) is -3.83. The van der Waals surface area contributed by atoms with Crippen molar-refractivity contribution >= 4 is 61.7 Å². The van der Waals surface area contributed by atoms with Crippen LogP contribution in [0.25, 0.3) is 0 Å². The van der Waals surface area contributed by atoms with Crippen molar-refractivity contribution in [1.29, 1.82) is 0 Å². The summed E-state index contributed by atoms with van der Waals surface area (Å²) in [6, 6.07) is 5.38. The van der Waals surface area contributed by atoms with E-state index in [0.717, 1.165) is 28.0 Å². The van der Waals surface area contributed by atoms with Gasteiger partial charge in [0.2, 0.25) is 11.8 Å². The Hall–Kier alpha value is -2.44. The predicted molar refractivity (Wildman–Crippen MR) is 105 cm³/mol. The molecule has 28 heavy (non-hydrogen) atoms. The molecule has 0 saturated carbocycles. The van der Waals surface area contributed by atoms with Gasteiger partial charge in [-0.25, -0.2) is 18.3 Å². The standard InChI is InChI=1S/C16H15N3O6S3/c20-13-9-12(26-7-5-14(21)22)15(23)19(13)10-1-3-11(4-2-10)28(24,25)18-16-17-6-8-27-16/h1-4,6,8,12H,5,7,9H2,(H,17,18)(H,21,22). The Balaban J connectivity index is 1.71. The fourth-order valence-electron chi connectivity index (χ4n) is 2.52. The van der Waals surface area contributed by atoms with Crippen molar-refractivity contribution in [3.05, 3.63) is 35.8 Å². The molecule has 1 unspecified atom stereocenters. The number of carboxylic acid groups (broad SMARTS) is 1. The van der Waals surface area contributed by atoms with Gasteiger partial charge in [-0.1, -0.05) is 0 Å². The zero-order chi connectivity index (χ0) is 20.3. The molecule has 1 aliphatic rings. The van der Waals surface area contributed by atoms with E-state index in [1.165, 1.54) is 30.5 Å². The fourth-order valence-corrected chi connectivity index (χ4v) is 5.39. The quantitative estimate of drug-likeness (QED) is 0.592. The number of hydrogen-bond acceptors (Lipinski definition) is 8. The molecule has 9 nitrogen and oxygen atoms in total. The van der Waals surface area contributed by atoms with Crippen LogP contribution in [0.2, 0.25) is 0 Å². The highest BCUT2D eigenvalue weighted by atomic mass is 32.2. The molecule has 1 fully saturated rings. The highest BCUT2D eigenvalue weighted by Gasteiger charge is 2.39. The number of sulfonamides is 1. The van der Waals surface area contributed by atoms with Crippen LogP contribution >= 0.6 is 23.1 Å². The van der Waals surface area contributed by atoms with E-state index >= 15 is 0 Å². The monoisotopic (exact) mass is 441 g/mol. The van der Waals surface area contributed by atoms with Gasteiger partial charge in [-0.15, -0.1) is 23.1 Å². The number of aromatic nitrogens is 1. The second-order valence-electron chi connectivity index (χ2n) is 5.71. The summed E-state index contributed by atoms with van der Waals surface area (Å²) in [6.07, 6.45) is 1.36. The number of imide groups is 1. The Morgan fingerprint density at radius 1 is 1.32 bits per heavy atom. The van der Waals surface area contributed by atoms with Crippen LogP contribution in [-0.2, 0) is 24.4 Å². The number of nitrogens with zero attached hydrogens (tertiary/aromatic N) is 2. The predicted octanol–water partition coefficient (Wildman–Crippen LogP) is 1.78. The number of amides is 2. The average Bonchev–Trinajstić information content (AvgIpc) is 3.22. The average molecular weight is 442 g/mol. The number of thioether (sulfide) groups is 1. The van der Waals surface area contributed by atoms with Gasteiger partial charge in [0.25, 0.3) is 10.0 Å². The van der Waals surface area contributed by atoms with Crippen LogP contribution in [-0.4, -0.2) is 47.3 Å². The summed E-state index contributed by atoms with van der Waals surface area (Å²) >= 11 is 2.27. The molecule has 2 heterocycles. The van der Waals surface area contributed by atoms with Gasteiger partial charge in [0.15, 0.2) is 5.13 Å². The molecule has 0 aliphatic carbocycles. The molecule has 0 spiro atoms. The number of benzene rings is 1. The van der Waals surface area contributed by atoms with Crippen LogP contribution in [0.3, 0.4) is 0 Å². The smallest absolute Gasteiger partial charge is 0.304 e. The Kier molecular flexibility index (Phi) is 6.01. The number of hydrogen-bond donors (Lipinski definition) is 2. The minimum absolute atomic E-state index is 0.0191. The van der Waals surface area contributed by atoms with Gasteiger partial charge in [-0.3, -0.25) is 19.1 Å². The molecule has 0 radical (unpaired) electrons. The molecule has 148 valence electrons. The summed E-state index contributed by atoms with van der Waals surface area (Å²) in [5, 5.41) is 9.90. The Morgan fingerprint density at radius 3 is 2.64 bits per heavy atom. The lowest BCUT2D eigenvalue weighted by Gasteiger charge is -2.15. The zero-order valence-corrected chi connectivity index (χ0v) is 16.7. The number of thiazole rings is 1. The van der Waals surface area contributed by atoms with E-state index < -0.39 is 33.1 Å². The summed E-state index contributed by atoms with van der Waals surface area (Å²) in [5.41, 5.74) is 0.268. The lowest BCUT2D eigenvalue weighted by Crippen LogP contribution is -2.31. The first-order valence-corrected chi connectivity index (χ1v) is 11.4. The van der Waals surface area contributed by atoms with E-state index in [0.29, 0.717) is 0 Å². The number of nitrogens with one attached hydrogen (secondary N) is 1. The third-order valence-electron chi connectivity index (χ3n) is 3.80. The molecule has 1 atom stereocenters. The summed E-state index contributed by atoms with van der Waals surface area (Å²) in [6.45, 7) is 0. The molecule has 3 rings (SSSR count). The van der Waals surface area contributed by atoms with Gasteiger partial charge in [0.05, 0.1) is 22.3 Å². The van der Waals surface area contributed by atoms with Crippen LogP contribution in [0.1, 0.15) is 12.8 Å². The number of anilines is 2. The van der Waals surface area contributed by atoms with Crippen molar-refractivity contribution in [1.82, 2.24) is 4.98 Å². The Morgan fingerprint density at radius 2 is 2.04 bits per heavy atom. The zero-order valence-electron chi connectivity index (χ0n) is 14.3. The third-order valence-corrected chi connectivity index (χ3v) is 7.18. The number of carbonyl (C=O) groups is 3. The summed E-state index contributed by atoms with van der Waals surface area (Å²) in [5.74, 6) is -1.58. The number of carboxylic acids is 1. The number of aliphatic carboxylic acids is 1. The van der Waals surface area contributed by atoms with E-state index in [1.54, 1.807) is 5.38 Å². The first kappa shape index (κ1) is 20.3. The van der Waals surface area contributed by atoms with Gasteiger partial charge >= 0.3 is 5.97 Å². The van der Waals surface area contributed by atoms with Crippen molar-refractivity contribution in [3.8, 4) is 0 Å². The molecule has 2 aromatic rings. The van der Waals surface area contributed by atoms with Crippen molar-refractivity contribution in [2.45, 2.75) is 23.0 Å². The highest BCUT2D eigenvalue weighted by Crippen LogP contribution is 2.30. The molecule has 1 aromatic carbocycles. The minimum Gasteiger partial charge on any atom is -0.481 e. The first-order valence-electron chi connectivity index (χ1n) is 8.00. The van der Waals surface area contributed by atoms with Crippen LogP contribution in [0.15, 0.2) is 40.7 Å². The van der Waals surface area contributed by atoms with Crippen molar-refractivity contribution < 1.29 is 27.9 Å². The maximum atomic E-state index is 12.5. The largest absolute Gasteiger partial charge is 0.481 e. The van der Waals surface area contributed by atoms with E-state index in [9.17, 15) is 22.8 Å². The maximum Gasteiger partial charge on any atom is 0.304 e. The van der Waals surface area contributed by atoms with Gasteiger partial charge < -0.3 is 5.11 Å². The SMILES string of the molecule is O=C(O)CCSC1CC(=O)N(c2ccc(S(=O)(=O)Nc3nccs3)cc2)C1=O. The summed E-state index contributed by atoms with van der Waals surface area (Å²) < 4.78 is 27.0. The van der Waals surface area contributed by atoms with E-state index in [1.807, 2.05) is 0 Å². The molecule has 1 aromatic heterocycles.